The second kappa shape index (κ2) is 9.27. The van der Waals surface area contributed by atoms with Gasteiger partial charge in [-0.3, -0.25) is 29.4 Å². The van der Waals surface area contributed by atoms with E-state index in [4.69, 9.17) is 4.42 Å². The summed E-state index contributed by atoms with van der Waals surface area (Å²) in [6, 6.07) is 11.5. The Kier molecular flexibility index (Phi) is 6.23. The van der Waals surface area contributed by atoms with E-state index in [-0.39, 0.29) is 33.4 Å². The molecule has 0 spiro atoms. The number of thioether (sulfide) groups is 1. The highest BCUT2D eigenvalue weighted by Crippen LogP contribution is 2.35. The van der Waals surface area contributed by atoms with Gasteiger partial charge in [0.05, 0.1) is 21.1 Å². The fourth-order valence-corrected chi connectivity index (χ4v) is 3.92. The number of nitrogens with zero attached hydrogens (tertiary/aromatic N) is 2. The molecule has 0 aliphatic carbocycles. The van der Waals surface area contributed by atoms with Crippen LogP contribution in [-0.2, 0) is 9.59 Å². The third kappa shape index (κ3) is 4.71. The molecule has 12 heteroatoms. The number of hydrogen-bond donors (Lipinski definition) is 1. The Labute approximate surface area is 194 Å². The lowest BCUT2D eigenvalue weighted by molar-refractivity contribution is -0.384. The molecule has 0 radical (unpaired) electrons. The van der Waals surface area contributed by atoms with E-state index in [1.54, 1.807) is 6.07 Å². The van der Waals surface area contributed by atoms with Crippen LogP contribution in [0.5, 0.6) is 0 Å². The first-order valence-electron chi connectivity index (χ1n) is 9.57. The van der Waals surface area contributed by atoms with Crippen LogP contribution in [0.4, 0.5) is 25.0 Å². The summed E-state index contributed by atoms with van der Waals surface area (Å²) in [6.45, 7) is -0.682. The van der Waals surface area contributed by atoms with Gasteiger partial charge in [-0.1, -0.05) is 12.1 Å². The van der Waals surface area contributed by atoms with E-state index in [0.717, 1.165) is 12.1 Å². The molecule has 1 saturated heterocycles. The molecule has 1 aliphatic rings. The Morgan fingerprint density at radius 1 is 1.15 bits per heavy atom. The minimum Gasteiger partial charge on any atom is -0.456 e. The van der Waals surface area contributed by atoms with Crippen LogP contribution >= 0.6 is 11.8 Å². The summed E-state index contributed by atoms with van der Waals surface area (Å²) in [6.07, 6.45) is 1.28. The van der Waals surface area contributed by atoms with Gasteiger partial charge in [-0.05, 0) is 42.1 Å². The number of furan rings is 1. The predicted octanol–water partition coefficient (Wildman–Crippen LogP) is 4.81. The van der Waals surface area contributed by atoms with Crippen LogP contribution < -0.4 is 5.32 Å². The topological polar surface area (TPSA) is 123 Å². The molecule has 1 aliphatic heterocycles. The molecule has 0 atom stereocenters. The fraction of sp³-hybridized carbons (Fsp3) is 0.0455. The summed E-state index contributed by atoms with van der Waals surface area (Å²) in [5, 5.41) is 12.7. The molecule has 2 aromatic carbocycles. The molecule has 172 valence electrons. The molecule has 1 fully saturated rings. The molecular weight excluding hydrogens is 472 g/mol. The van der Waals surface area contributed by atoms with Gasteiger partial charge in [-0.15, -0.1) is 0 Å². The number of nitro groups is 1. The number of nitrogens with one attached hydrogen (secondary N) is 1. The summed E-state index contributed by atoms with van der Waals surface area (Å²) in [5.74, 6) is -3.10. The molecule has 2 heterocycles. The van der Waals surface area contributed by atoms with Crippen molar-refractivity contribution in [2.75, 3.05) is 11.9 Å². The van der Waals surface area contributed by atoms with Crippen LogP contribution in [0.2, 0.25) is 0 Å². The minimum absolute atomic E-state index is 0.0331. The van der Waals surface area contributed by atoms with Gasteiger partial charge in [0.1, 0.15) is 29.7 Å². The Morgan fingerprint density at radius 3 is 2.65 bits per heavy atom. The van der Waals surface area contributed by atoms with Crippen LogP contribution in [0.15, 0.2) is 63.9 Å². The molecule has 3 amide bonds. The van der Waals surface area contributed by atoms with Crippen molar-refractivity contribution in [3.05, 3.63) is 87.0 Å². The first-order chi connectivity index (χ1) is 16.2. The normalized spacial score (nSPS) is 14.6. The fourth-order valence-electron chi connectivity index (χ4n) is 3.11. The molecule has 4 rings (SSSR count). The molecule has 0 unspecified atom stereocenters. The van der Waals surface area contributed by atoms with Crippen molar-refractivity contribution in [2.24, 2.45) is 0 Å². The van der Waals surface area contributed by atoms with Crippen molar-refractivity contribution in [3.8, 4) is 11.3 Å². The molecule has 3 aromatic rings. The Balaban J connectivity index is 1.48. The second-order valence-electron chi connectivity index (χ2n) is 6.92. The SMILES string of the molecule is O=C(CN1C(=O)S/C(=C/c2ccc(-c3ccccc3[N+](=O)[O-])o2)C1=O)Nc1ccc(F)cc1F. The molecule has 9 nitrogen and oxygen atoms in total. The highest BCUT2D eigenvalue weighted by Gasteiger charge is 2.36. The number of halogens is 2. The molecular formula is C22H13F2N3O6S. The standard InChI is InChI=1S/C22H13F2N3O6S/c23-12-5-7-16(15(24)9-12)25-20(28)11-26-21(29)19(34-22(26)30)10-13-6-8-18(33-13)14-3-1-2-4-17(14)27(31)32/h1-10H,11H2,(H,25,28)/b19-10+. The average molecular weight is 485 g/mol. The Bertz CT molecular complexity index is 1370. The summed E-state index contributed by atoms with van der Waals surface area (Å²) >= 11 is 0.570. The van der Waals surface area contributed by atoms with Crippen LogP contribution in [-0.4, -0.2) is 33.4 Å². The monoisotopic (exact) mass is 485 g/mol. The Hall–Kier alpha value is -4.32. The number of benzene rings is 2. The zero-order valence-corrected chi connectivity index (χ0v) is 17.8. The average Bonchev–Trinajstić information content (AvgIpc) is 3.36. The highest BCUT2D eigenvalue weighted by molar-refractivity contribution is 8.18. The van der Waals surface area contributed by atoms with E-state index in [0.29, 0.717) is 22.7 Å². The maximum Gasteiger partial charge on any atom is 0.294 e. The van der Waals surface area contributed by atoms with E-state index in [1.165, 1.54) is 36.4 Å². The van der Waals surface area contributed by atoms with Gasteiger partial charge in [-0.2, -0.15) is 0 Å². The lowest BCUT2D eigenvalue weighted by Crippen LogP contribution is -2.36. The van der Waals surface area contributed by atoms with Gasteiger partial charge in [0.15, 0.2) is 0 Å². The van der Waals surface area contributed by atoms with Crippen LogP contribution in [0, 0.1) is 21.7 Å². The van der Waals surface area contributed by atoms with Crippen molar-refractivity contribution in [2.45, 2.75) is 0 Å². The number of imide groups is 1. The number of hydrogen-bond acceptors (Lipinski definition) is 7. The van der Waals surface area contributed by atoms with Gasteiger partial charge >= 0.3 is 0 Å². The van der Waals surface area contributed by atoms with Crippen molar-refractivity contribution in [1.82, 2.24) is 4.90 Å². The first-order valence-corrected chi connectivity index (χ1v) is 10.4. The van der Waals surface area contributed by atoms with Crippen molar-refractivity contribution < 1.29 is 32.5 Å². The van der Waals surface area contributed by atoms with E-state index in [2.05, 4.69) is 5.32 Å². The van der Waals surface area contributed by atoms with E-state index >= 15 is 0 Å². The van der Waals surface area contributed by atoms with Crippen LogP contribution in [0.25, 0.3) is 17.4 Å². The number of anilines is 1. The van der Waals surface area contributed by atoms with Gasteiger partial charge in [0.25, 0.3) is 16.8 Å². The lowest BCUT2D eigenvalue weighted by Gasteiger charge is -2.12. The molecule has 0 bridgehead atoms. The van der Waals surface area contributed by atoms with Crippen molar-refractivity contribution in [1.29, 1.82) is 0 Å². The summed E-state index contributed by atoms with van der Waals surface area (Å²) in [4.78, 5) is 48.4. The molecule has 1 N–H and O–H groups in total. The van der Waals surface area contributed by atoms with Gasteiger partial charge in [0, 0.05) is 18.2 Å². The van der Waals surface area contributed by atoms with Gasteiger partial charge in [0.2, 0.25) is 5.91 Å². The molecule has 34 heavy (non-hydrogen) atoms. The van der Waals surface area contributed by atoms with E-state index < -0.39 is 40.2 Å². The van der Waals surface area contributed by atoms with Crippen LogP contribution in [0.1, 0.15) is 5.76 Å². The quantitative estimate of drug-likeness (QED) is 0.302. The van der Waals surface area contributed by atoms with E-state index in [1.807, 2.05) is 0 Å². The van der Waals surface area contributed by atoms with E-state index in [9.17, 15) is 33.3 Å². The predicted molar refractivity (Wildman–Crippen MR) is 118 cm³/mol. The number of carbonyl (C=O) groups is 3. The second-order valence-corrected chi connectivity index (χ2v) is 7.91. The van der Waals surface area contributed by atoms with Gasteiger partial charge < -0.3 is 9.73 Å². The lowest BCUT2D eigenvalue weighted by atomic mass is 10.1. The maximum absolute atomic E-state index is 13.7. The third-order valence-electron chi connectivity index (χ3n) is 4.65. The largest absolute Gasteiger partial charge is 0.456 e. The maximum atomic E-state index is 13.7. The van der Waals surface area contributed by atoms with Crippen molar-refractivity contribution >= 4 is 46.3 Å². The highest BCUT2D eigenvalue weighted by atomic mass is 32.2. The minimum atomic E-state index is -1.00. The Morgan fingerprint density at radius 2 is 1.91 bits per heavy atom. The van der Waals surface area contributed by atoms with Crippen LogP contribution in [0.3, 0.4) is 0 Å². The summed E-state index contributed by atoms with van der Waals surface area (Å²) in [5.41, 5.74) is -0.218. The third-order valence-corrected chi connectivity index (χ3v) is 5.55. The number of nitro benzene ring substituents is 1. The zero-order valence-electron chi connectivity index (χ0n) is 17.0. The smallest absolute Gasteiger partial charge is 0.294 e. The van der Waals surface area contributed by atoms with Gasteiger partial charge in [-0.25, -0.2) is 8.78 Å². The number of carbonyl (C=O) groups excluding carboxylic acids is 3. The number of rotatable bonds is 6. The molecule has 1 aromatic heterocycles. The number of amides is 3. The molecule has 0 saturated carbocycles. The number of para-hydroxylation sites is 1. The zero-order chi connectivity index (χ0) is 24.4. The van der Waals surface area contributed by atoms with Crippen molar-refractivity contribution in [3.63, 3.8) is 0 Å². The summed E-state index contributed by atoms with van der Waals surface area (Å²) < 4.78 is 32.3. The summed E-state index contributed by atoms with van der Waals surface area (Å²) in [7, 11) is 0. The first kappa shape index (κ1) is 22.9.